The number of aromatic carboxylic acids is 1. The summed E-state index contributed by atoms with van der Waals surface area (Å²) in [5, 5.41) is 9.43. The van der Waals surface area contributed by atoms with Crippen LogP contribution in [-0.4, -0.2) is 17.5 Å². The van der Waals surface area contributed by atoms with Crippen molar-refractivity contribution in [3.63, 3.8) is 0 Å². The molecule has 0 fully saturated rings. The Labute approximate surface area is 121 Å². The molecule has 0 aromatic heterocycles. The number of carboxylic acids is 1. The second-order valence-corrected chi connectivity index (χ2v) is 4.65. The lowest BCUT2D eigenvalue weighted by Crippen LogP contribution is -2.20. The maximum atomic E-state index is 11.2. The molecule has 4 nitrogen and oxygen atoms in total. The predicted octanol–water partition coefficient (Wildman–Crippen LogP) is 3.20. The highest BCUT2D eigenvalue weighted by molar-refractivity contribution is 6.30. The Bertz CT molecular complexity index is 608. The molecule has 0 aliphatic heterocycles. The van der Waals surface area contributed by atoms with Gasteiger partial charge in [0, 0.05) is 10.7 Å². The Morgan fingerprint density at radius 3 is 2.20 bits per heavy atom. The van der Waals surface area contributed by atoms with Gasteiger partial charge < -0.3 is 10.0 Å². The molecule has 0 heterocycles. The molecule has 2 aromatic carbocycles. The van der Waals surface area contributed by atoms with E-state index in [0.717, 1.165) is 17.7 Å². The van der Waals surface area contributed by atoms with Gasteiger partial charge in [-0.15, -0.1) is 0 Å². The van der Waals surface area contributed by atoms with Crippen molar-refractivity contribution in [2.24, 2.45) is 0 Å². The Kier molecular flexibility index (Phi) is 4.38. The molecule has 0 atom stereocenters. The number of anilines is 1. The van der Waals surface area contributed by atoms with Gasteiger partial charge in [0.05, 0.1) is 12.1 Å². The first kappa shape index (κ1) is 14.1. The highest BCUT2D eigenvalue weighted by atomic mass is 35.5. The summed E-state index contributed by atoms with van der Waals surface area (Å²) in [5.41, 5.74) is 1.79. The smallest absolute Gasteiger partial charge is 0.335 e. The van der Waals surface area contributed by atoms with Crippen molar-refractivity contribution >= 4 is 29.7 Å². The van der Waals surface area contributed by atoms with Gasteiger partial charge in [0.15, 0.2) is 0 Å². The van der Waals surface area contributed by atoms with Gasteiger partial charge in [-0.2, -0.15) is 0 Å². The molecule has 102 valence electrons. The van der Waals surface area contributed by atoms with E-state index >= 15 is 0 Å². The Morgan fingerprint density at radius 2 is 1.70 bits per heavy atom. The monoisotopic (exact) mass is 289 g/mol. The zero-order valence-corrected chi connectivity index (χ0v) is 11.2. The Morgan fingerprint density at radius 1 is 1.10 bits per heavy atom. The lowest BCUT2D eigenvalue weighted by Gasteiger charge is -2.17. The van der Waals surface area contributed by atoms with Crippen molar-refractivity contribution in [2.45, 2.75) is 6.54 Å². The quantitative estimate of drug-likeness (QED) is 0.860. The molecule has 0 aliphatic rings. The maximum Gasteiger partial charge on any atom is 0.335 e. The van der Waals surface area contributed by atoms with Crippen LogP contribution in [0.4, 0.5) is 5.69 Å². The van der Waals surface area contributed by atoms with Crippen LogP contribution in [0.25, 0.3) is 0 Å². The number of amides is 1. The summed E-state index contributed by atoms with van der Waals surface area (Å²) in [5.74, 6) is -0.971. The number of halogens is 1. The van der Waals surface area contributed by atoms with E-state index in [1.165, 1.54) is 17.0 Å². The van der Waals surface area contributed by atoms with E-state index in [1.807, 2.05) is 0 Å². The number of carbonyl (C=O) groups excluding carboxylic acids is 1. The molecule has 1 N–H and O–H groups in total. The van der Waals surface area contributed by atoms with Crippen molar-refractivity contribution in [1.82, 2.24) is 0 Å². The zero-order chi connectivity index (χ0) is 14.5. The molecule has 0 bridgehead atoms. The molecule has 5 heteroatoms. The normalized spacial score (nSPS) is 10.1. The van der Waals surface area contributed by atoms with Crippen molar-refractivity contribution in [2.75, 3.05) is 4.90 Å². The molecular formula is C15H12ClNO3. The minimum atomic E-state index is -0.971. The fourth-order valence-corrected chi connectivity index (χ4v) is 1.90. The Hall–Kier alpha value is -2.33. The van der Waals surface area contributed by atoms with Gasteiger partial charge in [-0.1, -0.05) is 23.7 Å². The largest absolute Gasteiger partial charge is 0.478 e. The molecule has 1 amide bonds. The molecular weight excluding hydrogens is 278 g/mol. The van der Waals surface area contributed by atoms with Gasteiger partial charge in [0.1, 0.15) is 0 Å². The van der Waals surface area contributed by atoms with Gasteiger partial charge >= 0.3 is 5.97 Å². The average Bonchev–Trinajstić information content (AvgIpc) is 2.46. The SMILES string of the molecule is O=CN(Cc1ccc(C(=O)O)cc1)c1ccc(Cl)cc1. The van der Waals surface area contributed by atoms with Gasteiger partial charge in [0.25, 0.3) is 0 Å². The minimum absolute atomic E-state index is 0.220. The predicted molar refractivity (Wildman–Crippen MR) is 77.1 cm³/mol. The first-order valence-corrected chi connectivity index (χ1v) is 6.27. The van der Waals surface area contributed by atoms with Crippen LogP contribution in [0.5, 0.6) is 0 Å². The standard InChI is InChI=1S/C15H12ClNO3/c16-13-5-7-14(8-6-13)17(10-18)9-11-1-3-12(4-2-11)15(19)20/h1-8,10H,9H2,(H,19,20). The molecule has 0 aliphatic carbocycles. The number of benzene rings is 2. The van der Waals surface area contributed by atoms with Crippen molar-refractivity contribution < 1.29 is 14.7 Å². The number of carboxylic acid groups (broad SMARTS) is 1. The number of carbonyl (C=O) groups is 2. The van der Waals surface area contributed by atoms with E-state index in [-0.39, 0.29) is 5.56 Å². The summed E-state index contributed by atoms with van der Waals surface area (Å²) in [6, 6.07) is 13.3. The van der Waals surface area contributed by atoms with Gasteiger partial charge in [-0.05, 0) is 42.0 Å². The zero-order valence-electron chi connectivity index (χ0n) is 10.5. The number of rotatable bonds is 5. The van der Waals surface area contributed by atoms with Gasteiger partial charge in [-0.25, -0.2) is 4.79 Å². The summed E-state index contributed by atoms with van der Waals surface area (Å²) in [7, 11) is 0. The van der Waals surface area contributed by atoms with Crippen LogP contribution in [0.15, 0.2) is 48.5 Å². The molecule has 2 aromatic rings. The average molecular weight is 290 g/mol. The third-order valence-corrected chi connectivity index (χ3v) is 3.09. The van der Waals surface area contributed by atoms with Crippen LogP contribution in [-0.2, 0) is 11.3 Å². The topological polar surface area (TPSA) is 57.6 Å². The van der Waals surface area contributed by atoms with E-state index in [2.05, 4.69) is 0 Å². The van der Waals surface area contributed by atoms with Crippen LogP contribution in [0.2, 0.25) is 5.02 Å². The van der Waals surface area contributed by atoms with E-state index in [9.17, 15) is 9.59 Å². The molecule has 20 heavy (non-hydrogen) atoms. The summed E-state index contributed by atoms with van der Waals surface area (Å²) >= 11 is 5.80. The highest BCUT2D eigenvalue weighted by Gasteiger charge is 2.07. The van der Waals surface area contributed by atoms with Crippen molar-refractivity contribution in [3.8, 4) is 0 Å². The lowest BCUT2D eigenvalue weighted by atomic mass is 10.1. The fraction of sp³-hybridized carbons (Fsp3) is 0.0667. The summed E-state index contributed by atoms with van der Waals surface area (Å²) in [6.07, 6.45) is 0.731. The fourth-order valence-electron chi connectivity index (χ4n) is 1.77. The molecule has 0 unspecified atom stereocenters. The first-order valence-electron chi connectivity index (χ1n) is 5.90. The van der Waals surface area contributed by atoms with Crippen LogP contribution < -0.4 is 4.90 Å². The van der Waals surface area contributed by atoms with Crippen LogP contribution in [0.1, 0.15) is 15.9 Å². The molecule has 0 spiro atoms. The highest BCUT2D eigenvalue weighted by Crippen LogP contribution is 2.19. The van der Waals surface area contributed by atoms with Crippen LogP contribution >= 0.6 is 11.6 Å². The number of hydrogen-bond acceptors (Lipinski definition) is 2. The summed E-state index contributed by atoms with van der Waals surface area (Å²) in [6.45, 7) is 0.366. The first-order chi connectivity index (χ1) is 9.60. The summed E-state index contributed by atoms with van der Waals surface area (Å²) in [4.78, 5) is 23.5. The molecule has 0 saturated carbocycles. The van der Waals surface area contributed by atoms with E-state index in [1.54, 1.807) is 36.4 Å². The van der Waals surface area contributed by atoms with Crippen LogP contribution in [0, 0.1) is 0 Å². The second kappa shape index (κ2) is 6.21. The van der Waals surface area contributed by atoms with Gasteiger partial charge in [0.2, 0.25) is 6.41 Å². The third-order valence-electron chi connectivity index (χ3n) is 2.84. The molecule has 2 rings (SSSR count). The second-order valence-electron chi connectivity index (χ2n) is 4.21. The Balaban J connectivity index is 2.15. The number of hydrogen-bond donors (Lipinski definition) is 1. The third kappa shape index (κ3) is 3.36. The van der Waals surface area contributed by atoms with Crippen LogP contribution in [0.3, 0.4) is 0 Å². The van der Waals surface area contributed by atoms with Gasteiger partial charge in [-0.3, -0.25) is 4.79 Å². The maximum absolute atomic E-state index is 11.2. The summed E-state index contributed by atoms with van der Waals surface area (Å²) < 4.78 is 0. The van der Waals surface area contributed by atoms with E-state index in [0.29, 0.717) is 11.6 Å². The van der Waals surface area contributed by atoms with E-state index < -0.39 is 5.97 Å². The molecule has 0 radical (unpaired) electrons. The van der Waals surface area contributed by atoms with E-state index in [4.69, 9.17) is 16.7 Å². The minimum Gasteiger partial charge on any atom is -0.478 e. The van der Waals surface area contributed by atoms with Crippen molar-refractivity contribution in [1.29, 1.82) is 0 Å². The van der Waals surface area contributed by atoms with Crippen molar-refractivity contribution in [3.05, 3.63) is 64.7 Å². The molecule has 0 saturated heterocycles. The lowest BCUT2D eigenvalue weighted by molar-refractivity contribution is -0.107. The number of nitrogens with zero attached hydrogens (tertiary/aromatic N) is 1.